The lowest BCUT2D eigenvalue weighted by Crippen LogP contribution is -2.19. The van der Waals surface area contributed by atoms with Gasteiger partial charge in [0.05, 0.1) is 19.8 Å². The molecule has 2 aromatic rings. The molecule has 1 aliphatic rings. The number of carbonyl (C=O) groups excluding carboxylic acids is 1. The molecule has 1 aliphatic heterocycles. The number of phenolic OH excluding ortho intramolecular Hbond substituents is 1. The standard InChI is InChI=1S/C18H16O5/c1-21-13-4-5-14-16(9-13)23-10-12(18(14)20)7-11-3-6-15(19)17(8-11)22-2/h3-9,19H,10H2,1-2H3/b12-7+. The average molecular weight is 312 g/mol. The lowest BCUT2D eigenvalue weighted by molar-refractivity contribution is 0.100. The maximum absolute atomic E-state index is 12.6. The summed E-state index contributed by atoms with van der Waals surface area (Å²) in [4.78, 5) is 12.6. The molecule has 1 N–H and O–H groups in total. The van der Waals surface area contributed by atoms with E-state index in [1.165, 1.54) is 13.2 Å². The fraction of sp³-hybridized carbons (Fsp3) is 0.167. The van der Waals surface area contributed by atoms with Crippen LogP contribution in [-0.4, -0.2) is 31.7 Å². The molecule has 0 amide bonds. The van der Waals surface area contributed by atoms with Gasteiger partial charge in [-0.15, -0.1) is 0 Å². The molecule has 23 heavy (non-hydrogen) atoms. The Bertz CT molecular complexity index is 792. The first-order chi connectivity index (χ1) is 11.1. The van der Waals surface area contributed by atoms with Gasteiger partial charge in [-0.2, -0.15) is 0 Å². The van der Waals surface area contributed by atoms with E-state index in [9.17, 15) is 9.90 Å². The lowest BCUT2D eigenvalue weighted by atomic mass is 9.98. The van der Waals surface area contributed by atoms with Gasteiger partial charge in [-0.05, 0) is 35.9 Å². The van der Waals surface area contributed by atoms with Crippen LogP contribution in [0.3, 0.4) is 0 Å². The zero-order chi connectivity index (χ0) is 16.4. The van der Waals surface area contributed by atoms with E-state index in [0.717, 1.165) is 5.56 Å². The quantitative estimate of drug-likeness (QED) is 0.882. The molecule has 0 aromatic heterocycles. The summed E-state index contributed by atoms with van der Waals surface area (Å²) in [5, 5.41) is 9.62. The minimum absolute atomic E-state index is 0.0540. The number of hydrogen-bond donors (Lipinski definition) is 1. The molecule has 118 valence electrons. The van der Waals surface area contributed by atoms with Crippen LogP contribution in [0.4, 0.5) is 0 Å². The SMILES string of the molecule is COc1ccc2c(c1)OC/C(=C\c1ccc(O)c(OC)c1)C2=O. The number of phenols is 1. The van der Waals surface area contributed by atoms with Crippen molar-refractivity contribution < 1.29 is 24.1 Å². The second-order valence-electron chi connectivity index (χ2n) is 5.08. The van der Waals surface area contributed by atoms with E-state index in [4.69, 9.17) is 14.2 Å². The van der Waals surface area contributed by atoms with Crippen LogP contribution in [0.1, 0.15) is 15.9 Å². The summed E-state index contributed by atoms with van der Waals surface area (Å²) in [6.07, 6.45) is 1.73. The Hall–Kier alpha value is -2.95. The van der Waals surface area contributed by atoms with Crippen LogP contribution in [0.2, 0.25) is 0 Å². The summed E-state index contributed by atoms with van der Waals surface area (Å²) in [5.74, 6) is 1.50. The number of rotatable bonds is 3. The Morgan fingerprint density at radius 1 is 1.13 bits per heavy atom. The van der Waals surface area contributed by atoms with E-state index < -0.39 is 0 Å². The van der Waals surface area contributed by atoms with E-state index in [2.05, 4.69) is 0 Å². The number of ketones is 1. The third-order valence-corrected chi connectivity index (χ3v) is 3.65. The molecule has 0 bridgehead atoms. The number of carbonyl (C=O) groups is 1. The van der Waals surface area contributed by atoms with Crippen LogP contribution in [0.15, 0.2) is 42.0 Å². The largest absolute Gasteiger partial charge is 0.504 e. The maximum Gasteiger partial charge on any atom is 0.196 e. The van der Waals surface area contributed by atoms with Crippen molar-refractivity contribution in [3.8, 4) is 23.0 Å². The topological polar surface area (TPSA) is 65.0 Å². The monoisotopic (exact) mass is 312 g/mol. The van der Waals surface area contributed by atoms with Crippen molar-refractivity contribution in [3.05, 3.63) is 53.1 Å². The normalized spacial score (nSPS) is 15.0. The van der Waals surface area contributed by atoms with Crippen molar-refractivity contribution in [2.75, 3.05) is 20.8 Å². The van der Waals surface area contributed by atoms with Crippen molar-refractivity contribution >= 4 is 11.9 Å². The van der Waals surface area contributed by atoms with Gasteiger partial charge in [-0.1, -0.05) is 6.07 Å². The van der Waals surface area contributed by atoms with E-state index >= 15 is 0 Å². The van der Waals surface area contributed by atoms with Crippen molar-refractivity contribution in [3.63, 3.8) is 0 Å². The second kappa shape index (κ2) is 6.04. The van der Waals surface area contributed by atoms with E-state index in [1.54, 1.807) is 43.5 Å². The molecular weight excluding hydrogens is 296 g/mol. The molecule has 0 spiro atoms. The van der Waals surface area contributed by atoms with Gasteiger partial charge in [0.1, 0.15) is 18.1 Å². The predicted octanol–water partition coefficient (Wildman–Crippen LogP) is 3.07. The molecule has 2 aromatic carbocycles. The smallest absolute Gasteiger partial charge is 0.196 e. The van der Waals surface area contributed by atoms with Crippen LogP contribution >= 0.6 is 0 Å². The number of Topliss-reactive ketones (excluding diaryl/α,β-unsaturated/α-hetero) is 1. The second-order valence-corrected chi connectivity index (χ2v) is 5.08. The number of aromatic hydroxyl groups is 1. The van der Waals surface area contributed by atoms with Crippen molar-refractivity contribution in [1.82, 2.24) is 0 Å². The van der Waals surface area contributed by atoms with Gasteiger partial charge in [0.15, 0.2) is 17.3 Å². The van der Waals surface area contributed by atoms with Gasteiger partial charge in [0, 0.05) is 11.6 Å². The number of benzene rings is 2. The third-order valence-electron chi connectivity index (χ3n) is 3.65. The molecule has 0 radical (unpaired) electrons. The molecule has 0 unspecified atom stereocenters. The minimum atomic E-state index is -0.0825. The predicted molar refractivity (Wildman–Crippen MR) is 85.5 cm³/mol. The Kier molecular flexibility index (Phi) is 3.93. The van der Waals surface area contributed by atoms with Crippen LogP contribution in [-0.2, 0) is 0 Å². The Morgan fingerprint density at radius 3 is 2.70 bits per heavy atom. The zero-order valence-corrected chi connectivity index (χ0v) is 12.8. The Morgan fingerprint density at radius 2 is 1.96 bits per heavy atom. The summed E-state index contributed by atoms with van der Waals surface area (Å²) in [6.45, 7) is 0.183. The van der Waals surface area contributed by atoms with E-state index in [0.29, 0.717) is 28.4 Å². The molecule has 0 aliphatic carbocycles. The molecule has 5 nitrogen and oxygen atoms in total. The van der Waals surface area contributed by atoms with Crippen LogP contribution in [0.5, 0.6) is 23.0 Å². The van der Waals surface area contributed by atoms with Gasteiger partial charge in [-0.3, -0.25) is 4.79 Å². The number of hydrogen-bond acceptors (Lipinski definition) is 5. The van der Waals surface area contributed by atoms with Crippen molar-refractivity contribution in [1.29, 1.82) is 0 Å². The lowest BCUT2D eigenvalue weighted by Gasteiger charge is -2.19. The highest BCUT2D eigenvalue weighted by molar-refractivity contribution is 6.14. The first-order valence-corrected chi connectivity index (χ1v) is 7.05. The molecule has 1 heterocycles. The molecule has 0 fully saturated rings. The van der Waals surface area contributed by atoms with E-state index in [1.807, 2.05) is 0 Å². The highest BCUT2D eigenvalue weighted by Gasteiger charge is 2.23. The van der Waals surface area contributed by atoms with Gasteiger partial charge >= 0.3 is 0 Å². The van der Waals surface area contributed by atoms with Crippen LogP contribution in [0, 0.1) is 0 Å². The zero-order valence-electron chi connectivity index (χ0n) is 12.8. The maximum atomic E-state index is 12.6. The highest BCUT2D eigenvalue weighted by Crippen LogP contribution is 2.32. The fourth-order valence-electron chi connectivity index (χ4n) is 2.42. The molecule has 0 atom stereocenters. The number of ether oxygens (including phenoxy) is 3. The summed E-state index contributed by atoms with van der Waals surface area (Å²) < 4.78 is 15.9. The minimum Gasteiger partial charge on any atom is -0.504 e. The van der Waals surface area contributed by atoms with E-state index in [-0.39, 0.29) is 18.1 Å². The van der Waals surface area contributed by atoms with Crippen molar-refractivity contribution in [2.45, 2.75) is 0 Å². The Labute approximate surface area is 133 Å². The Balaban J connectivity index is 1.94. The molecule has 0 saturated carbocycles. The van der Waals surface area contributed by atoms with Crippen molar-refractivity contribution in [2.24, 2.45) is 0 Å². The van der Waals surface area contributed by atoms with Gasteiger partial charge in [0.2, 0.25) is 0 Å². The molecule has 5 heteroatoms. The molecular formula is C18H16O5. The first kappa shape index (κ1) is 15.0. The van der Waals surface area contributed by atoms with Gasteiger partial charge in [-0.25, -0.2) is 0 Å². The van der Waals surface area contributed by atoms with Crippen LogP contribution < -0.4 is 14.2 Å². The summed E-state index contributed by atoms with van der Waals surface area (Å²) >= 11 is 0. The molecule has 0 saturated heterocycles. The number of fused-ring (bicyclic) bond motifs is 1. The summed E-state index contributed by atoms with van der Waals surface area (Å²) in [5.41, 5.74) is 1.80. The first-order valence-electron chi connectivity index (χ1n) is 7.05. The average Bonchev–Trinajstić information content (AvgIpc) is 2.58. The van der Waals surface area contributed by atoms with Gasteiger partial charge in [0.25, 0.3) is 0 Å². The number of methoxy groups -OCH3 is 2. The highest BCUT2D eigenvalue weighted by atomic mass is 16.5. The molecule has 3 rings (SSSR count). The third kappa shape index (κ3) is 2.85. The van der Waals surface area contributed by atoms with Gasteiger partial charge < -0.3 is 19.3 Å². The summed E-state index contributed by atoms with van der Waals surface area (Å²) in [6, 6.07) is 10.0. The summed E-state index contributed by atoms with van der Waals surface area (Å²) in [7, 11) is 3.04. The fourth-order valence-corrected chi connectivity index (χ4v) is 2.42. The van der Waals surface area contributed by atoms with Crippen LogP contribution in [0.25, 0.3) is 6.08 Å².